The van der Waals surface area contributed by atoms with Gasteiger partial charge in [-0.25, -0.2) is 4.98 Å². The van der Waals surface area contributed by atoms with E-state index in [9.17, 15) is 0 Å². The van der Waals surface area contributed by atoms with Crippen molar-refractivity contribution in [1.29, 1.82) is 0 Å². The van der Waals surface area contributed by atoms with E-state index >= 15 is 0 Å². The molecule has 2 rings (SSSR count). The number of benzene rings is 1. The van der Waals surface area contributed by atoms with Gasteiger partial charge in [0.1, 0.15) is 5.02 Å². The molecule has 1 aromatic carbocycles. The first-order valence-corrected chi connectivity index (χ1v) is 4.28. The largest absolute Gasteiger partial charge is 0.480 e. The van der Waals surface area contributed by atoms with E-state index in [1.807, 2.05) is 30.3 Å². The monoisotopic (exact) mass is 193 g/mol. The molecule has 0 spiro atoms. The number of halogens is 1. The van der Waals surface area contributed by atoms with Crippen molar-refractivity contribution in [2.75, 3.05) is 7.11 Å². The standard InChI is InChI=1S/C10H8ClNO/c1-13-10-8(11)6-7-4-2-3-5-9(7)12-10/h2-6H,1H3. The number of hydrogen-bond acceptors (Lipinski definition) is 2. The summed E-state index contributed by atoms with van der Waals surface area (Å²) in [6, 6.07) is 9.63. The van der Waals surface area contributed by atoms with Crippen LogP contribution in [-0.4, -0.2) is 12.1 Å². The second-order valence-electron chi connectivity index (χ2n) is 2.67. The van der Waals surface area contributed by atoms with E-state index in [0.29, 0.717) is 10.9 Å². The Morgan fingerprint density at radius 3 is 2.85 bits per heavy atom. The summed E-state index contributed by atoms with van der Waals surface area (Å²) in [5, 5.41) is 1.56. The van der Waals surface area contributed by atoms with Gasteiger partial charge in [-0.15, -0.1) is 0 Å². The van der Waals surface area contributed by atoms with Crippen molar-refractivity contribution in [2.45, 2.75) is 0 Å². The maximum atomic E-state index is 5.92. The topological polar surface area (TPSA) is 22.1 Å². The Hall–Kier alpha value is -1.28. The number of nitrogens with zero attached hydrogens (tertiary/aromatic N) is 1. The highest BCUT2D eigenvalue weighted by atomic mass is 35.5. The lowest BCUT2D eigenvalue weighted by molar-refractivity contribution is 0.400. The van der Waals surface area contributed by atoms with Gasteiger partial charge in [0.15, 0.2) is 0 Å². The van der Waals surface area contributed by atoms with Crippen molar-refractivity contribution in [3.05, 3.63) is 35.4 Å². The molecule has 2 aromatic rings. The average molecular weight is 194 g/mol. The average Bonchev–Trinajstić information content (AvgIpc) is 2.17. The predicted octanol–water partition coefficient (Wildman–Crippen LogP) is 2.90. The first-order valence-electron chi connectivity index (χ1n) is 3.90. The fraction of sp³-hybridized carbons (Fsp3) is 0.100. The molecule has 3 heteroatoms. The number of hydrogen-bond donors (Lipinski definition) is 0. The molecule has 66 valence electrons. The van der Waals surface area contributed by atoms with Crippen LogP contribution in [0.25, 0.3) is 10.9 Å². The van der Waals surface area contributed by atoms with Crippen LogP contribution in [0.3, 0.4) is 0 Å². The van der Waals surface area contributed by atoms with Crippen LogP contribution in [0.1, 0.15) is 0 Å². The zero-order valence-corrected chi connectivity index (χ0v) is 7.88. The number of methoxy groups -OCH3 is 1. The molecule has 0 radical (unpaired) electrons. The van der Waals surface area contributed by atoms with Gasteiger partial charge in [-0.3, -0.25) is 0 Å². The molecule has 0 N–H and O–H groups in total. The molecular formula is C10H8ClNO. The van der Waals surface area contributed by atoms with E-state index in [4.69, 9.17) is 16.3 Å². The summed E-state index contributed by atoms with van der Waals surface area (Å²) in [5.41, 5.74) is 0.892. The van der Waals surface area contributed by atoms with E-state index in [1.165, 1.54) is 0 Å². The van der Waals surface area contributed by atoms with E-state index < -0.39 is 0 Å². The van der Waals surface area contributed by atoms with Crippen LogP contribution in [0.4, 0.5) is 0 Å². The summed E-state index contributed by atoms with van der Waals surface area (Å²) in [4.78, 5) is 4.24. The van der Waals surface area contributed by atoms with Crippen molar-refractivity contribution in [1.82, 2.24) is 4.98 Å². The van der Waals surface area contributed by atoms with Crippen molar-refractivity contribution in [3.63, 3.8) is 0 Å². The highest BCUT2D eigenvalue weighted by Crippen LogP contribution is 2.25. The zero-order valence-electron chi connectivity index (χ0n) is 7.12. The molecule has 0 aliphatic rings. The molecule has 0 aliphatic carbocycles. The quantitative estimate of drug-likeness (QED) is 0.695. The Balaban J connectivity index is 2.74. The number of rotatable bonds is 1. The Morgan fingerprint density at radius 2 is 2.08 bits per heavy atom. The minimum atomic E-state index is 0.473. The van der Waals surface area contributed by atoms with Crippen LogP contribution in [0.2, 0.25) is 5.02 Å². The molecule has 1 aromatic heterocycles. The second kappa shape index (κ2) is 3.23. The molecule has 1 heterocycles. The van der Waals surface area contributed by atoms with Gasteiger partial charge in [-0.05, 0) is 12.1 Å². The van der Waals surface area contributed by atoms with E-state index in [1.54, 1.807) is 7.11 Å². The predicted molar refractivity (Wildman–Crippen MR) is 53.3 cm³/mol. The third-order valence-electron chi connectivity index (χ3n) is 1.84. The third kappa shape index (κ3) is 1.45. The van der Waals surface area contributed by atoms with Gasteiger partial charge >= 0.3 is 0 Å². The number of aromatic nitrogens is 1. The minimum absolute atomic E-state index is 0.473. The summed E-state index contributed by atoms with van der Waals surface area (Å²) in [5.74, 6) is 0.473. The van der Waals surface area contributed by atoms with Crippen LogP contribution < -0.4 is 4.74 Å². The van der Waals surface area contributed by atoms with Gasteiger partial charge in [0.2, 0.25) is 5.88 Å². The van der Waals surface area contributed by atoms with Gasteiger partial charge in [0, 0.05) is 5.39 Å². The summed E-state index contributed by atoms with van der Waals surface area (Å²) in [6.07, 6.45) is 0. The molecule has 0 bridgehead atoms. The number of ether oxygens (including phenoxy) is 1. The van der Waals surface area contributed by atoms with Crippen LogP contribution in [0, 0.1) is 0 Å². The molecule has 2 nitrogen and oxygen atoms in total. The molecule has 0 saturated carbocycles. The van der Waals surface area contributed by atoms with Crippen LogP contribution in [-0.2, 0) is 0 Å². The lowest BCUT2D eigenvalue weighted by atomic mass is 10.2. The lowest BCUT2D eigenvalue weighted by Crippen LogP contribution is -1.89. The van der Waals surface area contributed by atoms with Gasteiger partial charge in [0.25, 0.3) is 0 Å². The smallest absolute Gasteiger partial charge is 0.232 e. The Kier molecular flexibility index (Phi) is 2.07. The first kappa shape index (κ1) is 8.32. The number of pyridine rings is 1. The SMILES string of the molecule is COc1nc2ccccc2cc1Cl. The number of fused-ring (bicyclic) bond motifs is 1. The van der Waals surface area contributed by atoms with Crippen LogP contribution >= 0.6 is 11.6 Å². The molecule has 0 atom stereocenters. The van der Waals surface area contributed by atoms with Crippen molar-refractivity contribution < 1.29 is 4.74 Å². The summed E-state index contributed by atoms with van der Waals surface area (Å²) in [7, 11) is 1.56. The van der Waals surface area contributed by atoms with Crippen molar-refractivity contribution >= 4 is 22.5 Å². The summed E-state index contributed by atoms with van der Waals surface area (Å²) < 4.78 is 5.01. The fourth-order valence-electron chi connectivity index (χ4n) is 1.22. The van der Waals surface area contributed by atoms with Gasteiger partial charge < -0.3 is 4.74 Å². The van der Waals surface area contributed by atoms with E-state index in [0.717, 1.165) is 10.9 Å². The highest BCUT2D eigenvalue weighted by molar-refractivity contribution is 6.32. The van der Waals surface area contributed by atoms with Gasteiger partial charge in [0.05, 0.1) is 12.6 Å². The molecule has 0 amide bonds. The Morgan fingerprint density at radius 1 is 1.31 bits per heavy atom. The molecule has 0 unspecified atom stereocenters. The summed E-state index contributed by atoms with van der Waals surface area (Å²) in [6.45, 7) is 0. The Labute approximate surface area is 81.1 Å². The van der Waals surface area contributed by atoms with Crippen LogP contribution in [0.5, 0.6) is 5.88 Å². The maximum absolute atomic E-state index is 5.92. The molecule has 0 aliphatic heterocycles. The zero-order chi connectivity index (χ0) is 9.26. The highest BCUT2D eigenvalue weighted by Gasteiger charge is 2.03. The molecule has 0 saturated heterocycles. The molecule has 0 fully saturated rings. The van der Waals surface area contributed by atoms with Gasteiger partial charge in [-0.2, -0.15) is 0 Å². The normalized spacial score (nSPS) is 10.3. The second-order valence-corrected chi connectivity index (χ2v) is 3.08. The van der Waals surface area contributed by atoms with Crippen molar-refractivity contribution in [3.8, 4) is 5.88 Å². The molecule has 13 heavy (non-hydrogen) atoms. The van der Waals surface area contributed by atoms with E-state index in [2.05, 4.69) is 4.98 Å². The van der Waals surface area contributed by atoms with Crippen molar-refractivity contribution in [2.24, 2.45) is 0 Å². The third-order valence-corrected chi connectivity index (χ3v) is 2.11. The van der Waals surface area contributed by atoms with E-state index in [-0.39, 0.29) is 0 Å². The first-order chi connectivity index (χ1) is 6.31. The van der Waals surface area contributed by atoms with Gasteiger partial charge in [-0.1, -0.05) is 29.8 Å². The number of para-hydroxylation sites is 1. The Bertz CT molecular complexity index is 442. The molecular weight excluding hydrogens is 186 g/mol. The maximum Gasteiger partial charge on any atom is 0.232 e. The lowest BCUT2D eigenvalue weighted by Gasteiger charge is -2.03. The summed E-state index contributed by atoms with van der Waals surface area (Å²) >= 11 is 5.92. The minimum Gasteiger partial charge on any atom is -0.480 e. The fourth-order valence-corrected chi connectivity index (χ4v) is 1.45. The van der Waals surface area contributed by atoms with Crippen LogP contribution in [0.15, 0.2) is 30.3 Å².